The van der Waals surface area contributed by atoms with Crippen molar-refractivity contribution in [3.05, 3.63) is 111 Å². The first-order valence-corrected chi connectivity index (χ1v) is 17.0. The molecule has 56 heavy (non-hydrogen) atoms. The van der Waals surface area contributed by atoms with E-state index in [2.05, 4.69) is 9.47 Å². The zero-order valence-electron chi connectivity index (χ0n) is 27.6. The van der Waals surface area contributed by atoms with Gasteiger partial charge in [0.05, 0.1) is 13.1 Å². The van der Waals surface area contributed by atoms with Crippen LogP contribution in [-0.4, -0.2) is 66.1 Å². The third-order valence-corrected chi connectivity index (χ3v) is 9.41. The first-order valence-electron chi connectivity index (χ1n) is 15.2. The van der Waals surface area contributed by atoms with Crippen LogP contribution in [0.5, 0.6) is 17.2 Å². The number of sulfonamides is 1. The molecule has 0 bridgehead atoms. The van der Waals surface area contributed by atoms with Crippen LogP contribution in [-0.2, 0) is 27.9 Å². The number of aliphatic hydroxyl groups excluding tert-OH is 1. The molecule has 304 valence electrons. The summed E-state index contributed by atoms with van der Waals surface area (Å²) in [6.45, 7) is -7.42. The predicted octanol–water partition coefficient (Wildman–Crippen LogP) is 7.03. The van der Waals surface area contributed by atoms with Gasteiger partial charge in [-0.15, -0.1) is 0 Å². The molecule has 0 fully saturated rings. The minimum atomic E-state index is -5.91. The lowest BCUT2D eigenvalue weighted by Gasteiger charge is -2.28. The van der Waals surface area contributed by atoms with Gasteiger partial charge < -0.3 is 29.7 Å². The van der Waals surface area contributed by atoms with E-state index in [1.165, 1.54) is 12.1 Å². The van der Waals surface area contributed by atoms with E-state index >= 15 is 0 Å². The van der Waals surface area contributed by atoms with Crippen LogP contribution in [0.4, 0.5) is 54.0 Å². The number of alkyl halides is 6. The molecule has 0 aromatic heterocycles. The van der Waals surface area contributed by atoms with Crippen molar-refractivity contribution >= 4 is 33.2 Å². The number of nitrogens with zero attached hydrogens (tertiary/aromatic N) is 2. The Morgan fingerprint density at radius 3 is 1.68 bits per heavy atom. The molecule has 4 aromatic rings. The number of halogens is 12. The van der Waals surface area contributed by atoms with Crippen LogP contribution in [0.2, 0.25) is 5.02 Å². The number of amides is 1. The summed E-state index contributed by atoms with van der Waals surface area (Å²) in [5.41, 5.74) is -1.48. The molecule has 0 radical (unpaired) electrons. The maximum atomic E-state index is 14.9. The first kappa shape index (κ1) is 43.8. The van der Waals surface area contributed by atoms with E-state index in [-0.39, 0.29) is 20.5 Å². The second-order valence-corrected chi connectivity index (χ2v) is 13.8. The summed E-state index contributed by atoms with van der Waals surface area (Å²) in [6.07, 6.45) is -12.2. The number of aliphatic hydroxyl groups is 2. The molecule has 3 N–H and O–H groups in total. The van der Waals surface area contributed by atoms with Crippen molar-refractivity contribution in [3.8, 4) is 17.2 Å². The van der Waals surface area contributed by atoms with Crippen molar-refractivity contribution in [1.29, 1.82) is 0 Å². The number of carbonyl (C=O) groups excluding carboxylic acids is 1. The first-order chi connectivity index (χ1) is 25.9. The summed E-state index contributed by atoms with van der Waals surface area (Å²) in [4.78, 5) is 12.3. The highest BCUT2D eigenvalue weighted by atomic mass is 35.5. The van der Waals surface area contributed by atoms with E-state index in [0.29, 0.717) is 17.0 Å². The topological polar surface area (TPSA) is 137 Å². The van der Waals surface area contributed by atoms with Crippen molar-refractivity contribution < 1.29 is 86.3 Å². The van der Waals surface area contributed by atoms with Gasteiger partial charge in [0.2, 0.25) is 21.7 Å². The molecule has 0 saturated heterocycles. The van der Waals surface area contributed by atoms with Crippen molar-refractivity contribution in [2.45, 2.75) is 36.6 Å². The monoisotopic (exact) mass is 852 g/mol. The zero-order valence-corrected chi connectivity index (χ0v) is 29.2. The maximum Gasteiger partial charge on any atom is 0.422 e. The molecule has 0 aliphatic rings. The number of benzene rings is 4. The van der Waals surface area contributed by atoms with Gasteiger partial charge >= 0.3 is 12.4 Å². The molecule has 4 rings (SSSR count). The van der Waals surface area contributed by atoms with Gasteiger partial charge in [-0.3, -0.25) is 4.79 Å². The average molecular weight is 853 g/mol. The lowest BCUT2D eigenvalue weighted by Crippen LogP contribution is -2.43. The van der Waals surface area contributed by atoms with Gasteiger partial charge in [-0.1, -0.05) is 23.7 Å². The predicted molar refractivity (Wildman–Crippen MR) is 171 cm³/mol. The average Bonchev–Trinajstić information content (AvgIpc) is 3.10. The van der Waals surface area contributed by atoms with Gasteiger partial charge in [0.15, 0.2) is 47.7 Å². The van der Waals surface area contributed by atoms with Gasteiger partial charge in [0, 0.05) is 35.0 Å². The lowest BCUT2D eigenvalue weighted by atomic mass is 10.1. The molecule has 4 aromatic carbocycles. The summed E-state index contributed by atoms with van der Waals surface area (Å²) >= 11 is 5.85. The van der Waals surface area contributed by atoms with Gasteiger partial charge in [-0.05, 0) is 47.5 Å². The number of phenols is 1. The number of anilines is 1. The molecule has 0 spiro atoms. The fourth-order valence-electron chi connectivity index (χ4n) is 4.84. The smallest absolute Gasteiger partial charge is 0.422 e. The fourth-order valence-corrected chi connectivity index (χ4v) is 6.45. The summed E-state index contributed by atoms with van der Waals surface area (Å²) in [5.74, 6) is -17.5. The van der Waals surface area contributed by atoms with Crippen LogP contribution in [0.15, 0.2) is 65.6 Å². The largest absolute Gasteiger partial charge is 0.507 e. The van der Waals surface area contributed by atoms with Gasteiger partial charge in [0.1, 0.15) is 17.2 Å². The van der Waals surface area contributed by atoms with Crippen molar-refractivity contribution in [2.24, 2.45) is 0 Å². The molecule has 23 heteroatoms. The second-order valence-electron chi connectivity index (χ2n) is 11.5. The molecular weight excluding hydrogens is 829 g/mol. The number of aromatic hydroxyl groups is 1. The van der Waals surface area contributed by atoms with E-state index in [4.69, 9.17) is 11.6 Å². The van der Waals surface area contributed by atoms with Crippen LogP contribution in [0.3, 0.4) is 0 Å². The quantitative estimate of drug-likeness (QED) is 0.0533. The summed E-state index contributed by atoms with van der Waals surface area (Å²) < 4.78 is 187. The van der Waals surface area contributed by atoms with Crippen molar-refractivity contribution in [2.75, 3.05) is 24.7 Å². The number of hydrogen-bond acceptors (Lipinski definition) is 8. The highest BCUT2D eigenvalue weighted by Gasteiger charge is 2.39. The minimum Gasteiger partial charge on any atom is -0.507 e. The van der Waals surface area contributed by atoms with E-state index in [0.717, 1.165) is 36.4 Å². The molecule has 0 saturated carbocycles. The Labute approximate surface area is 313 Å². The summed E-state index contributed by atoms with van der Waals surface area (Å²) in [6, 6.07) is 9.44. The number of ether oxygens (including phenoxy) is 2. The Hall–Kier alpha value is -4.90. The van der Waals surface area contributed by atoms with E-state index in [9.17, 15) is 76.8 Å². The standard InChI is InChI=1S/C33H24ClF11N2O8S/c34-18-3-1-16(2-4-18)11-46(56(52,53)30-28(38)26(36)25(35)27(37)29(30)39)13-24(49)47(19-5-6-22(31(50)51)23(48)9-19)12-17-7-20(54-14-32(40,41)42)10-21(8-17)55-15-33(43,44)45/h1-10,31,48,50-51H,11-15H2. The number of hydrogen-bond donors (Lipinski definition) is 3. The van der Waals surface area contributed by atoms with E-state index in [1.54, 1.807) is 0 Å². The Balaban J connectivity index is 1.87. The lowest BCUT2D eigenvalue weighted by molar-refractivity contribution is -0.153. The maximum absolute atomic E-state index is 14.9. The Kier molecular flexibility index (Phi) is 13.4. The number of phenolic OH excluding ortho intramolecular Hbond substituents is 1. The zero-order chi connectivity index (χ0) is 41.9. The van der Waals surface area contributed by atoms with E-state index < -0.39 is 130 Å². The molecule has 10 nitrogen and oxygen atoms in total. The Bertz CT molecular complexity index is 2120. The Morgan fingerprint density at radius 1 is 0.714 bits per heavy atom. The number of rotatable bonds is 14. The third-order valence-electron chi connectivity index (χ3n) is 7.34. The molecular formula is C33H24ClF11N2O8S. The molecule has 0 unspecified atom stereocenters. The number of carbonyl (C=O) groups is 1. The van der Waals surface area contributed by atoms with Crippen molar-refractivity contribution in [1.82, 2.24) is 4.31 Å². The van der Waals surface area contributed by atoms with Gasteiger partial charge in [0.25, 0.3) is 0 Å². The second kappa shape index (κ2) is 17.1. The van der Waals surface area contributed by atoms with Crippen LogP contribution in [0, 0.1) is 29.1 Å². The SMILES string of the molecule is O=C(CN(Cc1ccc(Cl)cc1)S(=O)(=O)c1c(F)c(F)c(F)c(F)c1F)N(Cc1cc(OCC(F)(F)F)cc(OCC(F)(F)F)c1)c1ccc(C(O)O)c(O)c1. The summed E-state index contributed by atoms with van der Waals surface area (Å²) in [5, 5.41) is 29.6. The summed E-state index contributed by atoms with van der Waals surface area (Å²) in [7, 11) is -5.91. The highest BCUT2D eigenvalue weighted by molar-refractivity contribution is 7.89. The molecule has 0 aliphatic carbocycles. The molecule has 0 heterocycles. The molecule has 1 amide bonds. The van der Waals surface area contributed by atoms with Gasteiger partial charge in [-0.2, -0.15) is 30.6 Å². The van der Waals surface area contributed by atoms with Crippen LogP contribution in [0.1, 0.15) is 23.0 Å². The molecule has 0 aliphatic heterocycles. The van der Waals surface area contributed by atoms with Crippen molar-refractivity contribution in [3.63, 3.8) is 0 Å². The van der Waals surface area contributed by atoms with Crippen LogP contribution < -0.4 is 14.4 Å². The normalized spacial score (nSPS) is 12.4. The third kappa shape index (κ3) is 10.9. The van der Waals surface area contributed by atoms with Gasteiger partial charge in [-0.25, -0.2) is 30.4 Å². The van der Waals surface area contributed by atoms with Crippen LogP contribution in [0.25, 0.3) is 0 Å². The highest BCUT2D eigenvalue weighted by Crippen LogP contribution is 2.34. The Morgan fingerprint density at radius 2 is 1.21 bits per heavy atom. The van der Waals surface area contributed by atoms with E-state index in [1.807, 2.05) is 0 Å². The fraction of sp³-hybridized carbons (Fsp3) is 0.242. The molecule has 0 atom stereocenters. The minimum absolute atomic E-state index is 0.0176. The van der Waals surface area contributed by atoms with Crippen LogP contribution >= 0.6 is 11.6 Å².